The van der Waals surface area contributed by atoms with Crippen molar-refractivity contribution >= 4 is 32.8 Å². The topological polar surface area (TPSA) is 44.1 Å². The number of rotatable bonds is 4. The summed E-state index contributed by atoms with van der Waals surface area (Å²) in [6, 6.07) is 6.64. The lowest BCUT2D eigenvalue weighted by molar-refractivity contribution is -0.144. The SMILES string of the molecule is CCOC(=O)CC1CCC(n2cc3ccc(Br)cc3n2)CC1. The van der Waals surface area contributed by atoms with E-state index in [9.17, 15) is 4.79 Å². The van der Waals surface area contributed by atoms with Crippen LogP contribution in [0.4, 0.5) is 0 Å². The molecule has 0 bridgehead atoms. The zero-order chi connectivity index (χ0) is 15.5. The van der Waals surface area contributed by atoms with Gasteiger partial charge in [0.15, 0.2) is 0 Å². The van der Waals surface area contributed by atoms with Crippen molar-refractivity contribution in [2.75, 3.05) is 6.61 Å². The lowest BCUT2D eigenvalue weighted by atomic mass is 9.84. The fraction of sp³-hybridized carbons (Fsp3) is 0.529. The molecule has 0 saturated heterocycles. The first kappa shape index (κ1) is 15.5. The van der Waals surface area contributed by atoms with Crippen molar-refractivity contribution in [1.29, 1.82) is 0 Å². The first-order valence-electron chi connectivity index (χ1n) is 7.95. The summed E-state index contributed by atoms with van der Waals surface area (Å²) in [5, 5.41) is 5.89. The number of hydrogen-bond donors (Lipinski definition) is 0. The minimum Gasteiger partial charge on any atom is -0.466 e. The molecule has 2 aromatic rings. The highest BCUT2D eigenvalue weighted by atomic mass is 79.9. The van der Waals surface area contributed by atoms with Crippen molar-refractivity contribution in [2.45, 2.75) is 45.1 Å². The Hall–Kier alpha value is -1.36. The molecule has 1 aliphatic rings. The number of ether oxygens (including phenoxy) is 1. The van der Waals surface area contributed by atoms with Crippen LogP contribution in [0.3, 0.4) is 0 Å². The Morgan fingerprint density at radius 3 is 2.86 bits per heavy atom. The van der Waals surface area contributed by atoms with Gasteiger partial charge in [0.2, 0.25) is 0 Å². The van der Waals surface area contributed by atoms with E-state index in [2.05, 4.69) is 38.9 Å². The van der Waals surface area contributed by atoms with Gasteiger partial charge in [-0.05, 0) is 50.7 Å². The number of esters is 1. The molecule has 1 saturated carbocycles. The second-order valence-corrected chi connectivity index (χ2v) is 6.91. The van der Waals surface area contributed by atoms with Crippen LogP contribution in [-0.4, -0.2) is 22.4 Å². The molecule has 4 nitrogen and oxygen atoms in total. The van der Waals surface area contributed by atoms with Gasteiger partial charge in [-0.25, -0.2) is 0 Å². The molecule has 0 N–H and O–H groups in total. The predicted octanol–water partition coefficient (Wildman–Crippen LogP) is 4.48. The Labute approximate surface area is 139 Å². The Bertz CT molecular complexity index is 660. The zero-order valence-electron chi connectivity index (χ0n) is 12.8. The molecule has 5 heteroatoms. The minimum atomic E-state index is -0.0550. The number of fused-ring (bicyclic) bond motifs is 1. The standard InChI is InChI=1S/C17H21BrN2O2/c1-2-22-17(21)9-12-3-7-15(8-4-12)20-11-13-5-6-14(18)10-16(13)19-20/h5-6,10-12,15H,2-4,7-9H2,1H3. The van der Waals surface area contributed by atoms with Crippen LogP contribution in [0.25, 0.3) is 10.9 Å². The smallest absolute Gasteiger partial charge is 0.306 e. The van der Waals surface area contributed by atoms with Gasteiger partial charge >= 0.3 is 5.97 Å². The van der Waals surface area contributed by atoms with E-state index in [0.717, 1.165) is 35.7 Å². The quantitative estimate of drug-likeness (QED) is 0.751. The van der Waals surface area contributed by atoms with Gasteiger partial charge in [-0.3, -0.25) is 9.48 Å². The van der Waals surface area contributed by atoms with E-state index in [0.29, 0.717) is 25.0 Å². The van der Waals surface area contributed by atoms with Crippen LogP contribution >= 0.6 is 15.9 Å². The molecule has 1 aromatic heterocycles. The maximum absolute atomic E-state index is 11.6. The molecule has 1 heterocycles. The van der Waals surface area contributed by atoms with E-state index in [1.54, 1.807) is 0 Å². The molecular weight excluding hydrogens is 344 g/mol. The molecule has 1 fully saturated rings. The molecule has 0 aliphatic heterocycles. The van der Waals surface area contributed by atoms with Gasteiger partial charge < -0.3 is 4.74 Å². The van der Waals surface area contributed by atoms with E-state index in [1.165, 1.54) is 5.39 Å². The molecule has 1 aromatic carbocycles. The van der Waals surface area contributed by atoms with Crippen molar-refractivity contribution in [3.05, 3.63) is 28.9 Å². The lowest BCUT2D eigenvalue weighted by Gasteiger charge is -2.28. The number of carbonyl (C=O) groups is 1. The molecule has 22 heavy (non-hydrogen) atoms. The van der Waals surface area contributed by atoms with E-state index in [-0.39, 0.29) is 5.97 Å². The lowest BCUT2D eigenvalue weighted by Crippen LogP contribution is -2.21. The monoisotopic (exact) mass is 364 g/mol. The Morgan fingerprint density at radius 2 is 2.14 bits per heavy atom. The van der Waals surface area contributed by atoms with Gasteiger partial charge in [0.1, 0.15) is 0 Å². The van der Waals surface area contributed by atoms with E-state index in [4.69, 9.17) is 9.84 Å². The Morgan fingerprint density at radius 1 is 1.36 bits per heavy atom. The summed E-state index contributed by atoms with van der Waals surface area (Å²) in [4.78, 5) is 11.6. The van der Waals surface area contributed by atoms with Crippen LogP contribution < -0.4 is 0 Å². The first-order valence-corrected chi connectivity index (χ1v) is 8.75. The maximum atomic E-state index is 11.6. The van der Waals surface area contributed by atoms with Gasteiger partial charge in [0.25, 0.3) is 0 Å². The van der Waals surface area contributed by atoms with Crippen molar-refractivity contribution in [2.24, 2.45) is 5.92 Å². The molecular formula is C17H21BrN2O2. The summed E-state index contributed by atoms with van der Waals surface area (Å²) < 4.78 is 8.21. The normalized spacial score (nSPS) is 21.9. The molecule has 0 atom stereocenters. The molecule has 1 aliphatic carbocycles. The van der Waals surface area contributed by atoms with E-state index in [1.807, 2.05) is 13.0 Å². The van der Waals surface area contributed by atoms with Crippen LogP contribution in [0, 0.1) is 5.92 Å². The zero-order valence-corrected chi connectivity index (χ0v) is 14.4. The van der Waals surface area contributed by atoms with Gasteiger partial charge in [-0.15, -0.1) is 0 Å². The predicted molar refractivity (Wildman–Crippen MR) is 89.7 cm³/mol. The summed E-state index contributed by atoms with van der Waals surface area (Å²) in [5.74, 6) is 0.412. The first-order chi connectivity index (χ1) is 10.7. The molecule has 0 spiro atoms. The summed E-state index contributed by atoms with van der Waals surface area (Å²) in [6.45, 7) is 2.33. The number of halogens is 1. The van der Waals surface area contributed by atoms with Crippen LogP contribution in [0.2, 0.25) is 0 Å². The summed E-state index contributed by atoms with van der Waals surface area (Å²) in [5.41, 5.74) is 1.03. The summed E-state index contributed by atoms with van der Waals surface area (Å²) in [7, 11) is 0. The third kappa shape index (κ3) is 3.51. The number of hydrogen-bond acceptors (Lipinski definition) is 3. The fourth-order valence-corrected chi connectivity index (χ4v) is 3.61. The second kappa shape index (κ2) is 6.82. The van der Waals surface area contributed by atoms with Gasteiger partial charge in [-0.1, -0.05) is 22.0 Å². The molecule has 0 radical (unpaired) electrons. The number of benzene rings is 1. The minimum absolute atomic E-state index is 0.0550. The molecule has 3 rings (SSSR count). The average Bonchev–Trinajstić information content (AvgIpc) is 2.91. The van der Waals surface area contributed by atoms with Crippen molar-refractivity contribution in [3.63, 3.8) is 0 Å². The highest BCUT2D eigenvalue weighted by Crippen LogP contribution is 2.34. The van der Waals surface area contributed by atoms with Crippen molar-refractivity contribution in [3.8, 4) is 0 Å². The summed E-state index contributed by atoms with van der Waals surface area (Å²) >= 11 is 3.49. The van der Waals surface area contributed by atoms with E-state index < -0.39 is 0 Å². The van der Waals surface area contributed by atoms with Gasteiger partial charge in [-0.2, -0.15) is 5.10 Å². The number of carbonyl (C=O) groups excluding carboxylic acids is 1. The van der Waals surface area contributed by atoms with Gasteiger partial charge in [0.05, 0.1) is 18.2 Å². The van der Waals surface area contributed by atoms with Crippen LogP contribution in [0.5, 0.6) is 0 Å². The van der Waals surface area contributed by atoms with Crippen LogP contribution in [0.1, 0.15) is 45.1 Å². The number of aromatic nitrogens is 2. The number of nitrogens with zero attached hydrogens (tertiary/aromatic N) is 2. The third-order valence-corrected chi connectivity index (χ3v) is 4.93. The third-order valence-electron chi connectivity index (χ3n) is 4.44. The molecule has 0 amide bonds. The van der Waals surface area contributed by atoms with Crippen LogP contribution in [-0.2, 0) is 9.53 Å². The Balaban J connectivity index is 1.61. The molecule has 0 unspecified atom stereocenters. The highest BCUT2D eigenvalue weighted by Gasteiger charge is 2.25. The Kier molecular flexibility index (Phi) is 4.81. The molecule has 118 valence electrons. The van der Waals surface area contributed by atoms with E-state index >= 15 is 0 Å². The summed E-state index contributed by atoms with van der Waals surface area (Å²) in [6.07, 6.45) is 7.01. The fourth-order valence-electron chi connectivity index (χ4n) is 3.26. The van der Waals surface area contributed by atoms with Crippen LogP contribution in [0.15, 0.2) is 28.9 Å². The van der Waals surface area contributed by atoms with Crippen molar-refractivity contribution in [1.82, 2.24) is 9.78 Å². The average molecular weight is 365 g/mol. The maximum Gasteiger partial charge on any atom is 0.306 e. The van der Waals surface area contributed by atoms with Gasteiger partial charge in [0, 0.05) is 22.5 Å². The highest BCUT2D eigenvalue weighted by molar-refractivity contribution is 9.10. The largest absolute Gasteiger partial charge is 0.466 e. The van der Waals surface area contributed by atoms with Crippen molar-refractivity contribution < 1.29 is 9.53 Å². The second-order valence-electron chi connectivity index (χ2n) is 6.00.